The molecule has 0 atom stereocenters. The number of pyridine rings is 2. The molecule has 0 aliphatic rings. The van der Waals surface area contributed by atoms with Gasteiger partial charge in [0.1, 0.15) is 11.6 Å². The van der Waals surface area contributed by atoms with Gasteiger partial charge in [0.25, 0.3) is 0 Å². The molecule has 8 rings (SSSR count). The number of hydrogen-bond acceptors (Lipinski definition) is 9. The highest BCUT2D eigenvalue weighted by Crippen LogP contribution is 2.27. The summed E-state index contributed by atoms with van der Waals surface area (Å²) in [6.45, 7) is 0.925. The summed E-state index contributed by atoms with van der Waals surface area (Å²) in [6.07, 6.45) is 6.42. The van der Waals surface area contributed by atoms with Crippen molar-refractivity contribution in [3.05, 3.63) is 147 Å². The van der Waals surface area contributed by atoms with Crippen LogP contribution in [0.3, 0.4) is 0 Å². The second kappa shape index (κ2) is 15.2. The first-order valence-electron chi connectivity index (χ1n) is 15.7. The first-order chi connectivity index (χ1) is 25.2. The molecule has 0 radical (unpaired) electrons. The summed E-state index contributed by atoms with van der Waals surface area (Å²) in [4.78, 5) is 9.38. The lowest BCUT2D eigenvalue weighted by molar-refractivity contribution is -0.907. The average Bonchev–Trinajstić information content (AvgIpc) is 3.74. The molecular weight excluding hydrogens is 816 g/mol. The van der Waals surface area contributed by atoms with Gasteiger partial charge >= 0.3 is 11.0 Å². The Labute approximate surface area is 318 Å². The third kappa shape index (κ3) is 7.61. The first kappa shape index (κ1) is 34.7. The molecule has 0 spiro atoms. The molecule has 0 unspecified atom stereocenters. The van der Waals surface area contributed by atoms with Crippen LogP contribution in [0.25, 0.3) is 33.8 Å². The maximum absolute atomic E-state index is 9.69. The van der Waals surface area contributed by atoms with Gasteiger partial charge in [0.05, 0.1) is 38.8 Å². The highest BCUT2D eigenvalue weighted by molar-refractivity contribution is 9.11. The van der Waals surface area contributed by atoms with Crippen molar-refractivity contribution < 1.29 is 25.0 Å². The lowest BCUT2D eigenvalue weighted by Gasteiger charge is -2.10. The van der Waals surface area contributed by atoms with Gasteiger partial charge in [-0.1, -0.05) is 60.7 Å². The van der Waals surface area contributed by atoms with E-state index in [-0.39, 0.29) is 11.0 Å². The zero-order valence-corrected chi connectivity index (χ0v) is 30.9. The summed E-state index contributed by atoms with van der Waals surface area (Å²) in [7, 11) is 0. The molecule has 0 aliphatic carbocycles. The van der Waals surface area contributed by atoms with Crippen LogP contribution in [0.15, 0.2) is 131 Å². The molecule has 6 heterocycles. The Bertz CT molecular complexity index is 2340. The molecule has 0 aliphatic heterocycles. The van der Waals surface area contributed by atoms with Crippen molar-refractivity contribution in [1.82, 2.24) is 29.2 Å². The molecule has 5 N–H and O–H groups in total. The van der Waals surface area contributed by atoms with Gasteiger partial charge in [0, 0.05) is 63.0 Å². The molecule has 13 nitrogen and oxygen atoms in total. The van der Waals surface area contributed by atoms with Crippen LogP contribution in [0.5, 0.6) is 5.88 Å². The van der Waals surface area contributed by atoms with Crippen LogP contribution in [0, 0.1) is 0 Å². The summed E-state index contributed by atoms with van der Waals surface area (Å²) in [5, 5.41) is 44.3. The van der Waals surface area contributed by atoms with Crippen LogP contribution in [0.2, 0.25) is 5.15 Å². The predicted octanol–water partition coefficient (Wildman–Crippen LogP) is 6.95. The van der Waals surface area contributed by atoms with E-state index >= 15 is 0 Å². The number of nitrogens with one attached hydrogen (secondary N) is 2. The quantitative estimate of drug-likeness (QED) is 0.0622. The molecule has 0 amide bonds. The van der Waals surface area contributed by atoms with Gasteiger partial charge in [-0.15, -0.1) is 0 Å². The van der Waals surface area contributed by atoms with Crippen LogP contribution < -0.4 is 20.1 Å². The number of aromatic nitrogens is 8. The Balaban J connectivity index is 0.000000162. The molecule has 8 aromatic rings. The van der Waals surface area contributed by atoms with Crippen molar-refractivity contribution in [1.29, 1.82) is 0 Å². The number of halogens is 3. The summed E-state index contributed by atoms with van der Waals surface area (Å²) < 4.78 is 6.64. The standard InChI is InChI=1S/C18H14BrClN5O.C18H14BrN5O2/c19-14-10-22-25-17(21-9-12-6-7-16(20)24(26)11-12)8-15(23-18(14)25)13-4-2-1-3-5-13;19-14-10-21-24-16(20-9-12-6-7-17(25)23(26)11-12)8-15(22-18(14)24)13-4-2-1-3-5-13/h1-8,10-11,21,26H,9H2;1-8,10-11,26H,9H2,(H,20,21,22)/q+1;/p+1. The Kier molecular flexibility index (Phi) is 10.2. The van der Waals surface area contributed by atoms with E-state index in [2.05, 4.69) is 57.7 Å². The molecule has 0 saturated carbocycles. The van der Waals surface area contributed by atoms with Gasteiger partial charge in [-0.2, -0.15) is 19.2 Å². The predicted molar refractivity (Wildman–Crippen MR) is 201 cm³/mol. The molecule has 0 saturated heterocycles. The van der Waals surface area contributed by atoms with Crippen molar-refractivity contribution in [2.75, 3.05) is 10.6 Å². The van der Waals surface area contributed by atoms with E-state index in [1.165, 1.54) is 12.3 Å². The molecule has 2 aromatic carbocycles. The highest BCUT2D eigenvalue weighted by atomic mass is 79.9. The first-order valence-corrected chi connectivity index (χ1v) is 17.7. The minimum Gasteiger partial charge on any atom is -0.457 e. The highest BCUT2D eigenvalue weighted by Gasteiger charge is 2.15. The summed E-state index contributed by atoms with van der Waals surface area (Å²) in [5.41, 5.74) is 6.78. The zero-order chi connectivity index (χ0) is 36.2. The minimum absolute atomic E-state index is 0.220. The molecule has 260 valence electrons. The number of anilines is 2. The van der Waals surface area contributed by atoms with Gasteiger partial charge in [-0.25, -0.2) is 9.97 Å². The van der Waals surface area contributed by atoms with E-state index < -0.39 is 0 Å². The molecular formula is C36H29Br2ClN10O3+2. The van der Waals surface area contributed by atoms with Crippen LogP contribution in [-0.4, -0.2) is 44.7 Å². The van der Waals surface area contributed by atoms with E-state index in [1.54, 1.807) is 39.8 Å². The fourth-order valence-electron chi connectivity index (χ4n) is 5.27. The number of benzene rings is 2. The van der Waals surface area contributed by atoms with Gasteiger partial charge in [-0.3, -0.25) is 10.4 Å². The molecule has 16 heteroatoms. The number of fused-ring (bicyclic) bond motifs is 2. The minimum atomic E-state index is -0.220. The maximum Gasteiger partial charge on any atom is 0.414 e. The van der Waals surface area contributed by atoms with Gasteiger partial charge < -0.3 is 15.7 Å². The summed E-state index contributed by atoms with van der Waals surface area (Å²) in [6, 6.07) is 30.4. The topological polar surface area (TPSA) is 153 Å². The fraction of sp³-hybridized carbons (Fsp3) is 0.0556. The molecule has 0 bridgehead atoms. The van der Waals surface area contributed by atoms with E-state index in [0.717, 1.165) is 64.6 Å². The number of nitrogens with zero attached hydrogens (tertiary/aromatic N) is 8. The third-order valence-electron chi connectivity index (χ3n) is 7.86. The van der Waals surface area contributed by atoms with Crippen LogP contribution in [-0.2, 0) is 13.1 Å². The largest absolute Gasteiger partial charge is 0.457 e. The average molecular weight is 845 g/mol. The Morgan fingerprint density at radius 1 is 0.635 bits per heavy atom. The normalized spacial score (nSPS) is 11.0. The Morgan fingerprint density at radius 3 is 1.56 bits per heavy atom. The van der Waals surface area contributed by atoms with Gasteiger partial charge in [0.2, 0.25) is 12.4 Å². The lowest BCUT2D eigenvalue weighted by Crippen LogP contribution is -2.31. The Hall–Kier alpha value is -5.77. The maximum atomic E-state index is 9.69. The number of rotatable bonds is 8. The smallest absolute Gasteiger partial charge is 0.414 e. The second-order valence-electron chi connectivity index (χ2n) is 11.4. The van der Waals surface area contributed by atoms with Crippen LogP contribution >= 0.6 is 43.5 Å². The lowest BCUT2D eigenvalue weighted by atomic mass is 10.1. The van der Waals surface area contributed by atoms with E-state index in [0.29, 0.717) is 23.5 Å². The SMILES string of the molecule is O[n+]1cc(CNc2cc(-c3ccccc3)nc3c(Br)cnn23)ccc1Cl.Oc1ccc(CNc2cc(-c3ccccc3)nc3c(Br)cnn23)c[n+]1O. The Morgan fingerprint density at radius 2 is 1.10 bits per heavy atom. The van der Waals surface area contributed by atoms with Crippen molar-refractivity contribution in [3.63, 3.8) is 0 Å². The molecule has 52 heavy (non-hydrogen) atoms. The third-order valence-corrected chi connectivity index (χ3v) is 9.27. The van der Waals surface area contributed by atoms with Crippen molar-refractivity contribution in [2.45, 2.75) is 13.1 Å². The van der Waals surface area contributed by atoms with Crippen LogP contribution in [0.1, 0.15) is 11.1 Å². The molecule has 0 fully saturated rings. The fourth-order valence-corrected chi connectivity index (χ4v) is 6.08. The molecule has 6 aromatic heterocycles. The monoisotopic (exact) mass is 842 g/mol. The summed E-state index contributed by atoms with van der Waals surface area (Å²) in [5.74, 6) is 1.33. The van der Waals surface area contributed by atoms with Gasteiger partial charge in [0.15, 0.2) is 11.3 Å². The summed E-state index contributed by atoms with van der Waals surface area (Å²) >= 11 is 12.8. The van der Waals surface area contributed by atoms with Gasteiger partial charge in [-0.05, 0) is 55.6 Å². The van der Waals surface area contributed by atoms with E-state index in [9.17, 15) is 15.5 Å². The second-order valence-corrected chi connectivity index (χ2v) is 13.5. The van der Waals surface area contributed by atoms with Crippen molar-refractivity contribution >= 4 is 66.4 Å². The van der Waals surface area contributed by atoms with E-state index in [4.69, 9.17) is 16.6 Å². The zero-order valence-electron chi connectivity index (χ0n) is 27.0. The van der Waals surface area contributed by atoms with Crippen molar-refractivity contribution in [2.24, 2.45) is 0 Å². The van der Waals surface area contributed by atoms with Crippen LogP contribution in [0.4, 0.5) is 11.6 Å². The van der Waals surface area contributed by atoms with Crippen molar-refractivity contribution in [3.8, 4) is 28.4 Å². The number of hydrogen-bond donors (Lipinski definition) is 5. The van der Waals surface area contributed by atoms with E-state index in [1.807, 2.05) is 78.9 Å². The number of aromatic hydroxyl groups is 1.